The van der Waals surface area contributed by atoms with E-state index in [0.29, 0.717) is 0 Å². The molecule has 0 radical (unpaired) electrons. The Labute approximate surface area is 109 Å². The van der Waals surface area contributed by atoms with E-state index in [1.165, 1.54) is 19.1 Å². The molecular weight excluding hydrogens is 285 g/mol. The first-order valence-electron chi connectivity index (χ1n) is 4.98. The molecular formula is C10H11ClFNO4S. The van der Waals surface area contributed by atoms with E-state index in [1.807, 2.05) is 4.72 Å². The van der Waals surface area contributed by atoms with E-state index in [0.717, 1.165) is 6.07 Å². The number of carbonyl (C=O) groups is 1. The Bertz CT molecular complexity index is 561. The summed E-state index contributed by atoms with van der Waals surface area (Å²) < 4.78 is 39.1. The van der Waals surface area contributed by atoms with E-state index < -0.39 is 32.7 Å². The molecule has 0 saturated heterocycles. The van der Waals surface area contributed by atoms with Crippen LogP contribution in [0.4, 0.5) is 4.39 Å². The van der Waals surface area contributed by atoms with Gasteiger partial charge in [0.05, 0.1) is 5.02 Å². The average Bonchev–Trinajstić information content (AvgIpc) is 2.29. The van der Waals surface area contributed by atoms with E-state index in [-0.39, 0.29) is 11.4 Å². The van der Waals surface area contributed by atoms with Crippen LogP contribution in [-0.4, -0.2) is 25.5 Å². The SMILES string of the molecule is CC[C@H](NS(=O)(=O)c1cccc(Cl)c1F)C(=O)O. The van der Waals surface area contributed by atoms with Crippen LogP contribution < -0.4 is 4.72 Å². The van der Waals surface area contributed by atoms with Gasteiger partial charge in [-0.15, -0.1) is 0 Å². The highest BCUT2D eigenvalue weighted by Crippen LogP contribution is 2.22. The summed E-state index contributed by atoms with van der Waals surface area (Å²) in [7, 11) is -4.26. The van der Waals surface area contributed by atoms with Crippen molar-refractivity contribution >= 4 is 27.6 Å². The van der Waals surface area contributed by atoms with Crippen molar-refractivity contribution in [2.75, 3.05) is 0 Å². The fraction of sp³-hybridized carbons (Fsp3) is 0.300. The Morgan fingerprint density at radius 1 is 1.56 bits per heavy atom. The lowest BCUT2D eigenvalue weighted by Crippen LogP contribution is -2.40. The predicted octanol–water partition coefficient (Wildman–Crippen LogP) is 1.62. The molecule has 1 aromatic carbocycles. The van der Waals surface area contributed by atoms with Crippen molar-refractivity contribution in [2.24, 2.45) is 0 Å². The number of rotatable bonds is 5. The summed E-state index contributed by atoms with van der Waals surface area (Å²) in [5.74, 6) is -2.43. The fourth-order valence-electron chi connectivity index (χ4n) is 1.25. The summed E-state index contributed by atoms with van der Waals surface area (Å²) in [5, 5.41) is 8.41. The number of hydrogen-bond acceptors (Lipinski definition) is 3. The molecule has 0 spiro atoms. The molecule has 1 rings (SSSR count). The molecule has 1 aromatic rings. The second-order valence-electron chi connectivity index (χ2n) is 3.47. The van der Waals surface area contributed by atoms with Crippen molar-refractivity contribution in [3.63, 3.8) is 0 Å². The smallest absolute Gasteiger partial charge is 0.321 e. The van der Waals surface area contributed by atoms with Crippen molar-refractivity contribution in [3.8, 4) is 0 Å². The van der Waals surface area contributed by atoms with Gasteiger partial charge in [0, 0.05) is 0 Å². The van der Waals surface area contributed by atoms with Crippen molar-refractivity contribution in [2.45, 2.75) is 24.3 Å². The van der Waals surface area contributed by atoms with Gasteiger partial charge in [0.15, 0.2) is 5.82 Å². The normalized spacial score (nSPS) is 13.3. The monoisotopic (exact) mass is 295 g/mol. The Hall–Kier alpha value is -1.18. The lowest BCUT2D eigenvalue weighted by molar-refractivity contribution is -0.139. The Morgan fingerprint density at radius 2 is 2.17 bits per heavy atom. The van der Waals surface area contributed by atoms with Crippen LogP contribution in [0.5, 0.6) is 0 Å². The molecule has 8 heteroatoms. The molecule has 1 atom stereocenters. The number of aliphatic carboxylic acids is 1. The lowest BCUT2D eigenvalue weighted by atomic mass is 10.2. The maximum absolute atomic E-state index is 13.6. The first-order valence-corrected chi connectivity index (χ1v) is 6.85. The van der Waals surface area contributed by atoms with Gasteiger partial charge in [-0.3, -0.25) is 4.79 Å². The molecule has 0 amide bonds. The molecule has 2 N–H and O–H groups in total. The topological polar surface area (TPSA) is 83.5 Å². The number of carboxylic acids is 1. The summed E-state index contributed by atoms with van der Waals surface area (Å²) in [6, 6.07) is 2.16. The second kappa shape index (κ2) is 5.64. The van der Waals surface area contributed by atoms with Crippen molar-refractivity contribution < 1.29 is 22.7 Å². The maximum atomic E-state index is 13.6. The largest absolute Gasteiger partial charge is 0.480 e. The third-order valence-corrected chi connectivity index (χ3v) is 3.99. The zero-order valence-corrected chi connectivity index (χ0v) is 10.9. The zero-order chi connectivity index (χ0) is 13.9. The van der Waals surface area contributed by atoms with E-state index in [1.54, 1.807) is 0 Å². The standard InChI is InChI=1S/C10H11ClFNO4S/c1-2-7(10(14)15)13-18(16,17)8-5-3-4-6(11)9(8)12/h3-5,7,13H,2H2,1H3,(H,14,15)/t7-/m0/s1. The highest BCUT2D eigenvalue weighted by Gasteiger charge is 2.26. The van der Waals surface area contributed by atoms with Crippen molar-refractivity contribution in [1.29, 1.82) is 0 Å². The average molecular weight is 296 g/mol. The van der Waals surface area contributed by atoms with Crippen molar-refractivity contribution in [3.05, 3.63) is 29.0 Å². The van der Waals surface area contributed by atoms with E-state index in [2.05, 4.69) is 0 Å². The van der Waals surface area contributed by atoms with Gasteiger partial charge in [-0.25, -0.2) is 12.8 Å². The van der Waals surface area contributed by atoms with Gasteiger partial charge in [0.25, 0.3) is 0 Å². The number of nitrogens with one attached hydrogen (secondary N) is 1. The summed E-state index contributed by atoms with van der Waals surface area (Å²) in [5.41, 5.74) is 0. The molecule has 0 fully saturated rings. The van der Waals surface area contributed by atoms with Gasteiger partial charge in [0.1, 0.15) is 10.9 Å². The minimum Gasteiger partial charge on any atom is -0.480 e. The molecule has 0 aliphatic carbocycles. The minimum atomic E-state index is -4.26. The van der Waals surface area contributed by atoms with E-state index in [9.17, 15) is 17.6 Å². The third kappa shape index (κ3) is 3.18. The summed E-state index contributed by atoms with van der Waals surface area (Å²) in [6.07, 6.45) is 0.0384. The molecule has 0 aliphatic rings. The van der Waals surface area contributed by atoms with Gasteiger partial charge >= 0.3 is 5.97 Å². The van der Waals surface area contributed by atoms with Gasteiger partial charge in [-0.05, 0) is 18.6 Å². The van der Waals surface area contributed by atoms with Gasteiger partial charge in [0.2, 0.25) is 10.0 Å². The Kier molecular flexibility index (Phi) is 4.66. The van der Waals surface area contributed by atoms with Gasteiger partial charge < -0.3 is 5.11 Å². The quantitative estimate of drug-likeness (QED) is 0.864. The summed E-state index contributed by atoms with van der Waals surface area (Å²) in [6.45, 7) is 1.50. The number of halogens is 2. The first kappa shape index (κ1) is 14.9. The Morgan fingerprint density at radius 3 is 2.67 bits per heavy atom. The van der Waals surface area contributed by atoms with Crippen LogP contribution in [0.1, 0.15) is 13.3 Å². The number of hydrogen-bond donors (Lipinski definition) is 2. The molecule has 0 aromatic heterocycles. The molecule has 18 heavy (non-hydrogen) atoms. The number of carboxylic acid groups (broad SMARTS) is 1. The predicted molar refractivity (Wildman–Crippen MR) is 63.4 cm³/mol. The van der Waals surface area contributed by atoms with Crippen molar-refractivity contribution in [1.82, 2.24) is 4.72 Å². The highest BCUT2D eigenvalue weighted by atomic mass is 35.5. The third-order valence-electron chi connectivity index (χ3n) is 2.21. The molecule has 100 valence electrons. The number of benzene rings is 1. The maximum Gasteiger partial charge on any atom is 0.321 e. The van der Waals surface area contributed by atoms with Crippen LogP contribution in [0, 0.1) is 5.82 Å². The van der Waals surface area contributed by atoms with Crippen LogP contribution in [0.15, 0.2) is 23.1 Å². The highest BCUT2D eigenvalue weighted by molar-refractivity contribution is 7.89. The van der Waals surface area contributed by atoms with Crippen LogP contribution >= 0.6 is 11.6 Å². The molecule has 0 unspecified atom stereocenters. The zero-order valence-electron chi connectivity index (χ0n) is 9.35. The van der Waals surface area contributed by atoms with Crippen LogP contribution in [0.3, 0.4) is 0 Å². The second-order valence-corrected chi connectivity index (χ2v) is 5.56. The van der Waals surface area contributed by atoms with E-state index >= 15 is 0 Å². The fourth-order valence-corrected chi connectivity index (χ4v) is 2.85. The molecule has 5 nitrogen and oxygen atoms in total. The first-order chi connectivity index (χ1) is 8.29. The molecule has 0 aliphatic heterocycles. The minimum absolute atomic E-state index is 0.0384. The van der Waals surface area contributed by atoms with Crippen LogP contribution in [-0.2, 0) is 14.8 Å². The molecule has 0 saturated carbocycles. The van der Waals surface area contributed by atoms with Gasteiger partial charge in [-0.1, -0.05) is 24.6 Å². The lowest BCUT2D eigenvalue weighted by Gasteiger charge is -2.13. The van der Waals surface area contributed by atoms with E-state index in [4.69, 9.17) is 16.7 Å². The van der Waals surface area contributed by atoms with Crippen LogP contribution in [0.2, 0.25) is 5.02 Å². The van der Waals surface area contributed by atoms with Crippen LogP contribution in [0.25, 0.3) is 0 Å². The van der Waals surface area contributed by atoms with Gasteiger partial charge in [-0.2, -0.15) is 4.72 Å². The summed E-state index contributed by atoms with van der Waals surface area (Å²) in [4.78, 5) is 10.1. The molecule has 0 bridgehead atoms. The molecule has 0 heterocycles. The Balaban J connectivity index is 3.14. The summed E-state index contributed by atoms with van der Waals surface area (Å²) >= 11 is 5.47. The number of sulfonamides is 1.